The van der Waals surface area contributed by atoms with Crippen molar-refractivity contribution in [2.75, 3.05) is 0 Å². The van der Waals surface area contributed by atoms with Crippen LogP contribution < -0.4 is 5.73 Å². The van der Waals surface area contributed by atoms with Crippen molar-refractivity contribution in [3.63, 3.8) is 0 Å². The number of carboxylic acid groups (broad SMARTS) is 1. The molecule has 0 spiro atoms. The molecule has 7 heteroatoms. The van der Waals surface area contributed by atoms with Gasteiger partial charge in [0.05, 0.1) is 12.2 Å². The second kappa shape index (κ2) is 5.12. The monoisotopic (exact) mass is 277 g/mol. The van der Waals surface area contributed by atoms with E-state index in [1.807, 2.05) is 0 Å². The second-order valence-corrected chi connectivity index (χ2v) is 4.30. The number of carbonyl (C=O) groups is 2. The number of rotatable bonds is 4. The Morgan fingerprint density at radius 3 is 2.65 bits per heavy atom. The molecule has 20 heavy (non-hydrogen) atoms. The highest BCUT2D eigenvalue weighted by Crippen LogP contribution is 2.13. The van der Waals surface area contributed by atoms with Gasteiger partial charge in [0.25, 0.3) is 0 Å². The van der Waals surface area contributed by atoms with E-state index in [2.05, 4.69) is 5.10 Å². The lowest BCUT2D eigenvalue weighted by molar-refractivity contribution is 0.0695. The molecule has 0 fully saturated rings. The van der Waals surface area contributed by atoms with E-state index in [0.29, 0.717) is 5.69 Å². The molecule has 0 radical (unpaired) electrons. The number of halogens is 1. The van der Waals surface area contributed by atoms with Crippen molar-refractivity contribution >= 4 is 11.9 Å². The molecule has 0 bridgehead atoms. The van der Waals surface area contributed by atoms with E-state index < -0.39 is 17.7 Å². The average molecular weight is 277 g/mol. The summed E-state index contributed by atoms with van der Waals surface area (Å²) < 4.78 is 15.1. The van der Waals surface area contributed by atoms with Crippen LogP contribution in [0.15, 0.2) is 24.4 Å². The van der Waals surface area contributed by atoms with Gasteiger partial charge >= 0.3 is 5.97 Å². The van der Waals surface area contributed by atoms with Gasteiger partial charge in [-0.2, -0.15) is 5.10 Å². The summed E-state index contributed by atoms with van der Waals surface area (Å²) in [5, 5.41) is 12.9. The third-order valence-electron chi connectivity index (χ3n) is 2.85. The Morgan fingerprint density at radius 1 is 1.45 bits per heavy atom. The molecule has 1 amide bonds. The van der Waals surface area contributed by atoms with Crippen molar-refractivity contribution in [3.05, 3.63) is 52.6 Å². The molecule has 1 aromatic heterocycles. The number of primary amides is 1. The number of carbonyl (C=O) groups excluding carboxylic acids is 1. The molecule has 2 rings (SSSR count). The maximum atomic E-state index is 13.8. The summed E-state index contributed by atoms with van der Waals surface area (Å²) in [5.74, 6) is -2.39. The van der Waals surface area contributed by atoms with Crippen molar-refractivity contribution < 1.29 is 19.1 Å². The maximum absolute atomic E-state index is 13.8. The second-order valence-electron chi connectivity index (χ2n) is 4.30. The van der Waals surface area contributed by atoms with E-state index in [0.717, 1.165) is 6.07 Å². The fourth-order valence-corrected chi connectivity index (χ4v) is 1.81. The first-order chi connectivity index (χ1) is 9.38. The number of hydrogen-bond donors (Lipinski definition) is 2. The number of benzene rings is 1. The van der Waals surface area contributed by atoms with Gasteiger partial charge in [0.15, 0.2) is 0 Å². The number of nitrogens with zero attached hydrogens (tertiary/aromatic N) is 2. The lowest BCUT2D eigenvalue weighted by Gasteiger charge is -2.05. The van der Waals surface area contributed by atoms with Crippen LogP contribution in [0.2, 0.25) is 0 Å². The number of nitrogens with two attached hydrogens (primary N) is 1. The fourth-order valence-electron chi connectivity index (χ4n) is 1.81. The average Bonchev–Trinajstić information content (AvgIpc) is 2.73. The minimum atomic E-state index is -1.08. The van der Waals surface area contributed by atoms with Gasteiger partial charge in [-0.15, -0.1) is 0 Å². The molecular weight excluding hydrogens is 265 g/mol. The van der Waals surface area contributed by atoms with Crippen LogP contribution >= 0.6 is 0 Å². The van der Waals surface area contributed by atoms with Crippen molar-refractivity contribution in [1.82, 2.24) is 9.78 Å². The zero-order chi connectivity index (χ0) is 14.9. The summed E-state index contributed by atoms with van der Waals surface area (Å²) in [6.45, 7) is 1.63. The van der Waals surface area contributed by atoms with Gasteiger partial charge in [-0.25, -0.2) is 9.18 Å². The maximum Gasteiger partial charge on any atom is 0.339 e. The van der Waals surface area contributed by atoms with Crippen LogP contribution in [0.25, 0.3) is 0 Å². The normalized spacial score (nSPS) is 10.5. The van der Waals surface area contributed by atoms with Gasteiger partial charge in [-0.05, 0) is 19.1 Å². The molecule has 0 saturated carbocycles. The summed E-state index contributed by atoms with van der Waals surface area (Å²) in [6.07, 6.45) is 1.33. The summed E-state index contributed by atoms with van der Waals surface area (Å²) in [7, 11) is 0. The molecule has 1 aromatic carbocycles. The predicted octanol–water partition coefficient (Wildman–Crippen LogP) is 1.18. The molecule has 6 nitrogen and oxygen atoms in total. The molecule has 0 saturated heterocycles. The molecule has 0 atom stereocenters. The number of aromatic nitrogens is 2. The molecule has 0 aliphatic carbocycles. The highest BCUT2D eigenvalue weighted by atomic mass is 19.1. The van der Waals surface area contributed by atoms with Crippen LogP contribution in [-0.2, 0) is 6.54 Å². The van der Waals surface area contributed by atoms with Crippen LogP contribution in [-0.4, -0.2) is 26.8 Å². The SMILES string of the molecule is Cc1nn(Cc2ccc(C(N)=O)cc2F)cc1C(=O)O. The number of hydrogen-bond acceptors (Lipinski definition) is 3. The van der Waals surface area contributed by atoms with Gasteiger partial charge in [-0.1, -0.05) is 6.07 Å². The molecule has 1 heterocycles. The first kappa shape index (κ1) is 13.7. The number of aryl methyl sites for hydroxylation is 1. The van der Waals surface area contributed by atoms with E-state index in [1.165, 1.54) is 23.0 Å². The summed E-state index contributed by atoms with van der Waals surface area (Å²) in [6, 6.07) is 3.88. The predicted molar refractivity (Wildman–Crippen MR) is 67.9 cm³/mol. The van der Waals surface area contributed by atoms with Crippen LogP contribution in [0.5, 0.6) is 0 Å². The summed E-state index contributed by atoms with van der Waals surface area (Å²) >= 11 is 0. The topological polar surface area (TPSA) is 98.2 Å². The third kappa shape index (κ3) is 2.66. The molecule has 0 aliphatic heterocycles. The van der Waals surface area contributed by atoms with E-state index in [-0.39, 0.29) is 23.2 Å². The molecule has 104 valence electrons. The van der Waals surface area contributed by atoms with Gasteiger partial charge in [0, 0.05) is 17.3 Å². The molecule has 2 aromatic rings. The zero-order valence-corrected chi connectivity index (χ0v) is 10.6. The fraction of sp³-hybridized carbons (Fsp3) is 0.154. The van der Waals surface area contributed by atoms with E-state index in [4.69, 9.17) is 10.8 Å². The Bertz CT molecular complexity index is 694. The first-order valence-corrected chi connectivity index (χ1v) is 5.74. The Kier molecular flexibility index (Phi) is 3.51. The van der Waals surface area contributed by atoms with Crippen LogP contribution in [0, 0.1) is 12.7 Å². The minimum absolute atomic E-state index is 0.0684. The highest BCUT2D eigenvalue weighted by molar-refractivity contribution is 5.92. The third-order valence-corrected chi connectivity index (χ3v) is 2.85. The number of amides is 1. The van der Waals surface area contributed by atoms with Gasteiger partial charge in [0.2, 0.25) is 5.91 Å². The Labute approximate surface area is 113 Å². The lowest BCUT2D eigenvalue weighted by Crippen LogP contribution is -2.12. The van der Waals surface area contributed by atoms with Crippen molar-refractivity contribution in [1.29, 1.82) is 0 Å². The van der Waals surface area contributed by atoms with E-state index >= 15 is 0 Å². The quantitative estimate of drug-likeness (QED) is 0.876. The number of carboxylic acids is 1. The summed E-state index contributed by atoms with van der Waals surface area (Å²) in [4.78, 5) is 21.8. The smallest absolute Gasteiger partial charge is 0.339 e. The Balaban J connectivity index is 2.28. The lowest BCUT2D eigenvalue weighted by atomic mass is 10.1. The zero-order valence-electron chi connectivity index (χ0n) is 10.6. The minimum Gasteiger partial charge on any atom is -0.478 e. The Morgan fingerprint density at radius 2 is 2.15 bits per heavy atom. The van der Waals surface area contributed by atoms with Crippen LogP contribution in [0.4, 0.5) is 4.39 Å². The van der Waals surface area contributed by atoms with Crippen LogP contribution in [0.3, 0.4) is 0 Å². The van der Waals surface area contributed by atoms with Gasteiger partial charge in [0.1, 0.15) is 11.4 Å². The van der Waals surface area contributed by atoms with Gasteiger partial charge in [-0.3, -0.25) is 9.48 Å². The summed E-state index contributed by atoms with van der Waals surface area (Å²) in [5.41, 5.74) is 5.84. The molecular formula is C13H12FN3O3. The number of aromatic carboxylic acids is 1. The largest absolute Gasteiger partial charge is 0.478 e. The standard InChI is InChI=1S/C13H12FN3O3/c1-7-10(13(19)20)6-17(16-7)5-9-3-2-8(12(15)18)4-11(9)14/h2-4,6H,5H2,1H3,(H2,15,18)(H,19,20). The molecule has 0 unspecified atom stereocenters. The van der Waals surface area contributed by atoms with Crippen molar-refractivity contribution in [3.8, 4) is 0 Å². The highest BCUT2D eigenvalue weighted by Gasteiger charge is 2.13. The van der Waals surface area contributed by atoms with E-state index in [1.54, 1.807) is 6.92 Å². The van der Waals surface area contributed by atoms with Crippen LogP contribution in [0.1, 0.15) is 32.0 Å². The van der Waals surface area contributed by atoms with Crippen molar-refractivity contribution in [2.24, 2.45) is 5.73 Å². The molecule has 0 aliphatic rings. The Hall–Kier alpha value is -2.70. The van der Waals surface area contributed by atoms with Crippen molar-refractivity contribution in [2.45, 2.75) is 13.5 Å². The molecule has 3 N–H and O–H groups in total. The van der Waals surface area contributed by atoms with Gasteiger partial charge < -0.3 is 10.8 Å². The first-order valence-electron chi connectivity index (χ1n) is 5.74. The van der Waals surface area contributed by atoms with E-state index in [9.17, 15) is 14.0 Å².